The molecule has 0 aromatic heterocycles. The molecule has 0 radical (unpaired) electrons. The van der Waals surface area contributed by atoms with Crippen LogP contribution in [0, 0.1) is 0 Å². The maximum atomic E-state index is 12.3. The molecule has 2 aromatic carbocycles. The summed E-state index contributed by atoms with van der Waals surface area (Å²) in [6.45, 7) is 1.70. The summed E-state index contributed by atoms with van der Waals surface area (Å²) < 4.78 is 26.5. The molecule has 3 N–H and O–H groups in total. The van der Waals surface area contributed by atoms with Crippen molar-refractivity contribution in [1.29, 1.82) is 0 Å². The van der Waals surface area contributed by atoms with Gasteiger partial charge in [0.1, 0.15) is 0 Å². The quantitative estimate of drug-likeness (QED) is 0.574. The van der Waals surface area contributed by atoms with Crippen molar-refractivity contribution >= 4 is 27.4 Å². The number of hydrogen-bond donors (Lipinski definition) is 3. The third kappa shape index (κ3) is 3.24. The van der Waals surface area contributed by atoms with Gasteiger partial charge in [-0.05, 0) is 24.6 Å². The van der Waals surface area contributed by atoms with E-state index >= 15 is 0 Å². The molecule has 0 fully saturated rings. The lowest BCUT2D eigenvalue weighted by molar-refractivity contribution is -0.117. The van der Waals surface area contributed by atoms with Crippen molar-refractivity contribution in [2.45, 2.75) is 11.8 Å². The van der Waals surface area contributed by atoms with Gasteiger partial charge in [-0.25, -0.2) is 13.8 Å². The minimum Gasteiger partial charge on any atom is -0.505 e. The molecule has 1 heterocycles. The Morgan fingerprint density at radius 3 is 2.44 bits per heavy atom. The van der Waals surface area contributed by atoms with Crippen molar-refractivity contribution in [3.8, 4) is 0 Å². The summed E-state index contributed by atoms with van der Waals surface area (Å²) in [5, 5.41) is 14.2. The summed E-state index contributed by atoms with van der Waals surface area (Å²) in [7, 11) is -3.94. The van der Waals surface area contributed by atoms with Crippen LogP contribution >= 0.6 is 0 Å². The van der Waals surface area contributed by atoms with Gasteiger partial charge in [0.2, 0.25) is 0 Å². The summed E-state index contributed by atoms with van der Waals surface area (Å²) in [6.07, 6.45) is 0. The Morgan fingerprint density at radius 1 is 1.08 bits per heavy atom. The van der Waals surface area contributed by atoms with Gasteiger partial charge in [0.05, 0.1) is 10.6 Å². The monoisotopic (exact) mass is 357 g/mol. The molecule has 0 saturated heterocycles. The van der Waals surface area contributed by atoms with Crippen LogP contribution in [-0.4, -0.2) is 25.1 Å². The van der Waals surface area contributed by atoms with Gasteiger partial charge >= 0.3 is 0 Å². The Morgan fingerprint density at radius 2 is 1.72 bits per heavy atom. The lowest BCUT2D eigenvalue weighted by Gasteiger charge is -2.20. The molecule has 0 bridgehead atoms. The van der Waals surface area contributed by atoms with Gasteiger partial charge in [-0.2, -0.15) is 5.10 Å². The molecule has 1 aliphatic heterocycles. The number of aliphatic hydroxyl groups is 1. The molecule has 0 saturated carbocycles. The fourth-order valence-electron chi connectivity index (χ4n) is 2.36. The van der Waals surface area contributed by atoms with Gasteiger partial charge in [0.15, 0.2) is 11.5 Å². The molecular formula is C17H15N3O4S. The predicted molar refractivity (Wildman–Crippen MR) is 93.1 cm³/mol. The summed E-state index contributed by atoms with van der Waals surface area (Å²) in [5.41, 5.74) is 3.19. The number of fused-ring (bicyclic) bond motifs is 1. The van der Waals surface area contributed by atoms with Crippen LogP contribution in [0.2, 0.25) is 0 Å². The maximum absolute atomic E-state index is 12.3. The van der Waals surface area contributed by atoms with Crippen LogP contribution in [0.5, 0.6) is 0 Å². The molecule has 25 heavy (non-hydrogen) atoms. The van der Waals surface area contributed by atoms with Crippen LogP contribution in [0.3, 0.4) is 0 Å². The van der Waals surface area contributed by atoms with Crippen molar-refractivity contribution in [3.05, 3.63) is 71.4 Å². The van der Waals surface area contributed by atoms with E-state index in [-0.39, 0.29) is 10.5 Å². The number of aliphatic hydroxyl groups excluding tert-OH is 1. The van der Waals surface area contributed by atoms with Crippen molar-refractivity contribution in [3.63, 3.8) is 0 Å². The lowest BCUT2D eigenvalue weighted by atomic mass is 10.1. The number of carbonyl (C=O) groups excluding carboxylic acids is 1. The summed E-state index contributed by atoms with van der Waals surface area (Å²) in [5.74, 6) is -1.30. The molecule has 3 rings (SSSR count). The van der Waals surface area contributed by atoms with Gasteiger partial charge in [0.25, 0.3) is 15.9 Å². The fraction of sp³-hybridized carbons (Fsp3) is 0.0588. The highest BCUT2D eigenvalue weighted by Gasteiger charge is 2.32. The molecule has 7 nitrogen and oxygen atoms in total. The maximum Gasteiger partial charge on any atom is 0.292 e. The van der Waals surface area contributed by atoms with Crippen LogP contribution in [0.15, 0.2) is 70.3 Å². The number of amides is 1. The smallest absolute Gasteiger partial charge is 0.292 e. The number of hydrazone groups is 1. The standard InChI is InChI=1S/C17H15N3O4S/c1-11(12-7-3-2-4-8-12)18-19-17(22)15-16(21)13-9-5-6-10-14(13)25(23,24)20-15/h2-10,20-21H,1H3,(H,19,22). The average Bonchev–Trinajstić information content (AvgIpc) is 2.63. The Balaban J connectivity index is 1.90. The van der Waals surface area contributed by atoms with Gasteiger partial charge < -0.3 is 5.11 Å². The highest BCUT2D eigenvalue weighted by Crippen LogP contribution is 2.28. The van der Waals surface area contributed by atoms with Crippen LogP contribution in [-0.2, 0) is 14.8 Å². The van der Waals surface area contributed by atoms with E-state index in [1.165, 1.54) is 18.2 Å². The number of nitrogens with zero attached hydrogens (tertiary/aromatic N) is 1. The van der Waals surface area contributed by atoms with Crippen LogP contribution < -0.4 is 10.1 Å². The second-order valence-electron chi connectivity index (χ2n) is 5.33. The first-order valence-corrected chi connectivity index (χ1v) is 8.84. The molecule has 1 amide bonds. The number of sulfonamides is 1. The molecule has 0 aliphatic carbocycles. The highest BCUT2D eigenvalue weighted by molar-refractivity contribution is 7.89. The molecule has 0 atom stereocenters. The number of nitrogens with one attached hydrogen (secondary N) is 2. The van der Waals surface area contributed by atoms with E-state index in [0.29, 0.717) is 5.71 Å². The van der Waals surface area contributed by atoms with Crippen LogP contribution in [0.1, 0.15) is 18.1 Å². The molecular weight excluding hydrogens is 342 g/mol. The SMILES string of the molecule is CC(=NNC(=O)C1=C(O)c2ccccc2S(=O)(=O)N1)c1ccccc1. The normalized spacial score (nSPS) is 16.0. The van der Waals surface area contributed by atoms with Crippen molar-refractivity contribution in [2.75, 3.05) is 0 Å². The summed E-state index contributed by atoms with van der Waals surface area (Å²) in [6, 6.07) is 15.0. The van der Waals surface area contributed by atoms with E-state index < -0.39 is 27.4 Å². The average molecular weight is 357 g/mol. The molecule has 0 unspecified atom stereocenters. The Labute approximate surface area is 144 Å². The first-order chi connectivity index (χ1) is 11.9. The number of carbonyl (C=O) groups is 1. The number of rotatable bonds is 3. The third-order valence-corrected chi connectivity index (χ3v) is 5.06. The van der Waals surface area contributed by atoms with E-state index in [9.17, 15) is 18.3 Å². The predicted octanol–water partition coefficient (Wildman–Crippen LogP) is 1.75. The summed E-state index contributed by atoms with van der Waals surface area (Å²) in [4.78, 5) is 12.2. The van der Waals surface area contributed by atoms with Crippen molar-refractivity contribution in [1.82, 2.24) is 10.1 Å². The largest absolute Gasteiger partial charge is 0.505 e. The molecule has 0 spiro atoms. The van der Waals surface area contributed by atoms with Crippen molar-refractivity contribution in [2.24, 2.45) is 5.10 Å². The minimum atomic E-state index is -3.94. The zero-order valence-electron chi connectivity index (χ0n) is 13.2. The Bertz CT molecular complexity index is 996. The molecule has 128 valence electrons. The minimum absolute atomic E-state index is 0.0650. The van der Waals surface area contributed by atoms with Gasteiger partial charge in [-0.1, -0.05) is 42.5 Å². The van der Waals surface area contributed by atoms with Gasteiger partial charge in [-0.3, -0.25) is 9.52 Å². The lowest BCUT2D eigenvalue weighted by Crippen LogP contribution is -2.37. The summed E-state index contributed by atoms with van der Waals surface area (Å²) >= 11 is 0. The van der Waals surface area contributed by atoms with Gasteiger partial charge in [-0.15, -0.1) is 0 Å². The van der Waals surface area contributed by atoms with E-state index in [1.807, 2.05) is 30.3 Å². The third-order valence-electron chi connectivity index (χ3n) is 3.65. The first kappa shape index (κ1) is 16.7. The zero-order chi connectivity index (χ0) is 18.0. The first-order valence-electron chi connectivity index (χ1n) is 7.35. The van der Waals surface area contributed by atoms with Gasteiger partial charge in [0, 0.05) is 5.56 Å². The molecule has 1 aliphatic rings. The zero-order valence-corrected chi connectivity index (χ0v) is 14.0. The highest BCUT2D eigenvalue weighted by atomic mass is 32.2. The van der Waals surface area contributed by atoms with E-state index in [0.717, 1.165) is 5.56 Å². The fourth-order valence-corrected chi connectivity index (χ4v) is 3.64. The van der Waals surface area contributed by atoms with Crippen molar-refractivity contribution < 1.29 is 18.3 Å². The molecule has 2 aromatic rings. The number of benzene rings is 2. The second-order valence-corrected chi connectivity index (χ2v) is 6.98. The van der Waals surface area contributed by atoms with Crippen LogP contribution in [0.4, 0.5) is 0 Å². The topological polar surface area (TPSA) is 108 Å². The van der Waals surface area contributed by atoms with Crippen LogP contribution in [0.25, 0.3) is 5.76 Å². The Kier molecular flexibility index (Phi) is 4.28. The Hall–Kier alpha value is -3.13. The molecule has 8 heteroatoms. The second kappa shape index (κ2) is 6.40. The van der Waals surface area contributed by atoms with E-state index in [2.05, 4.69) is 15.2 Å². The number of hydrogen-bond acceptors (Lipinski definition) is 5. The van der Waals surface area contributed by atoms with E-state index in [4.69, 9.17) is 0 Å². The van der Waals surface area contributed by atoms with E-state index in [1.54, 1.807) is 13.0 Å².